The summed E-state index contributed by atoms with van der Waals surface area (Å²) in [6.07, 6.45) is 0. The molecular formula is C24H24N6O2S2. The number of nitrogens with zero attached hydrogens (tertiary/aromatic N) is 4. The van der Waals surface area contributed by atoms with Crippen molar-refractivity contribution in [3.63, 3.8) is 0 Å². The number of amides is 2. The molecule has 2 aromatic heterocycles. The Labute approximate surface area is 205 Å². The van der Waals surface area contributed by atoms with Crippen LogP contribution in [-0.2, 0) is 18.4 Å². The first kappa shape index (κ1) is 23.7. The van der Waals surface area contributed by atoms with Gasteiger partial charge >= 0.3 is 0 Å². The van der Waals surface area contributed by atoms with Crippen LogP contribution in [0.1, 0.15) is 26.6 Å². The Morgan fingerprint density at radius 1 is 1.03 bits per heavy atom. The summed E-state index contributed by atoms with van der Waals surface area (Å²) in [6.45, 7) is 4.20. The smallest absolute Gasteiger partial charge is 0.251 e. The number of benzene rings is 2. The van der Waals surface area contributed by atoms with Crippen molar-refractivity contribution in [1.82, 2.24) is 25.1 Å². The van der Waals surface area contributed by atoms with Crippen LogP contribution in [0.4, 0.5) is 5.13 Å². The largest absolute Gasteiger partial charge is 0.345 e. The molecule has 2 heterocycles. The molecule has 2 N–H and O–H groups in total. The second-order valence-corrected chi connectivity index (χ2v) is 9.78. The Kier molecular flexibility index (Phi) is 7.39. The van der Waals surface area contributed by atoms with Crippen LogP contribution in [0.3, 0.4) is 0 Å². The monoisotopic (exact) mass is 492 g/mol. The molecule has 0 atom stereocenters. The van der Waals surface area contributed by atoms with Gasteiger partial charge < -0.3 is 15.2 Å². The summed E-state index contributed by atoms with van der Waals surface area (Å²) in [7, 11) is 1.81. The minimum absolute atomic E-state index is 0.168. The molecule has 0 fully saturated rings. The van der Waals surface area contributed by atoms with Gasteiger partial charge in [0.25, 0.3) is 5.91 Å². The molecule has 4 rings (SSSR count). The number of hydrogen-bond donors (Lipinski definition) is 2. The molecule has 10 heteroatoms. The molecule has 0 spiro atoms. The van der Waals surface area contributed by atoms with Crippen molar-refractivity contribution in [1.29, 1.82) is 0 Å². The van der Waals surface area contributed by atoms with Crippen molar-refractivity contribution in [2.24, 2.45) is 7.05 Å². The van der Waals surface area contributed by atoms with Crippen LogP contribution in [-0.4, -0.2) is 37.3 Å². The molecule has 4 aromatic rings. The zero-order valence-electron chi connectivity index (χ0n) is 19.0. The van der Waals surface area contributed by atoms with Gasteiger partial charge in [-0.2, -0.15) is 0 Å². The number of nitrogens with one attached hydrogen (secondary N) is 2. The van der Waals surface area contributed by atoms with Gasteiger partial charge in [-0.3, -0.25) is 9.59 Å². The Bertz CT molecular complexity index is 1300. The first-order chi connectivity index (χ1) is 16.4. The number of carbonyl (C=O) groups excluding carboxylic acids is 2. The summed E-state index contributed by atoms with van der Waals surface area (Å²) in [5, 5.41) is 15.2. The molecule has 0 saturated carbocycles. The highest BCUT2D eigenvalue weighted by molar-refractivity contribution is 7.99. The van der Waals surface area contributed by atoms with Crippen molar-refractivity contribution in [2.75, 3.05) is 11.1 Å². The van der Waals surface area contributed by atoms with Crippen LogP contribution in [0, 0.1) is 13.8 Å². The van der Waals surface area contributed by atoms with Gasteiger partial charge in [0.05, 0.1) is 18.0 Å². The summed E-state index contributed by atoms with van der Waals surface area (Å²) in [6, 6.07) is 17.2. The Balaban J connectivity index is 1.30. The lowest BCUT2D eigenvalue weighted by Crippen LogP contribution is -2.24. The number of hydrogen-bond acceptors (Lipinski definition) is 7. The number of aryl methyl sites for hydroxylation is 2. The van der Waals surface area contributed by atoms with Gasteiger partial charge in [0.15, 0.2) is 16.1 Å². The molecule has 174 valence electrons. The fourth-order valence-electron chi connectivity index (χ4n) is 3.19. The third kappa shape index (κ3) is 5.70. The third-order valence-corrected chi connectivity index (χ3v) is 6.97. The highest BCUT2D eigenvalue weighted by Crippen LogP contribution is 2.30. The second-order valence-electron chi connectivity index (χ2n) is 7.63. The van der Waals surface area contributed by atoms with Gasteiger partial charge in [0.1, 0.15) is 0 Å². The van der Waals surface area contributed by atoms with Crippen LogP contribution in [0.5, 0.6) is 0 Å². The highest BCUT2D eigenvalue weighted by Gasteiger charge is 2.15. The number of thioether (sulfide) groups is 1. The molecule has 0 saturated heterocycles. The molecule has 0 unspecified atom stereocenters. The third-order valence-electron chi connectivity index (χ3n) is 5.07. The van der Waals surface area contributed by atoms with E-state index in [-0.39, 0.29) is 24.1 Å². The van der Waals surface area contributed by atoms with E-state index in [1.54, 1.807) is 16.7 Å². The minimum Gasteiger partial charge on any atom is -0.345 e. The second kappa shape index (κ2) is 10.6. The fraction of sp³-hybridized carbons (Fsp3) is 0.208. The highest BCUT2D eigenvalue weighted by atomic mass is 32.2. The van der Waals surface area contributed by atoms with E-state index in [0.717, 1.165) is 21.7 Å². The number of aromatic nitrogens is 4. The zero-order valence-corrected chi connectivity index (χ0v) is 20.7. The molecule has 34 heavy (non-hydrogen) atoms. The van der Waals surface area contributed by atoms with Crippen molar-refractivity contribution in [2.45, 2.75) is 25.5 Å². The summed E-state index contributed by atoms with van der Waals surface area (Å²) >= 11 is 2.73. The van der Waals surface area contributed by atoms with E-state index in [1.807, 2.05) is 63.4 Å². The molecule has 2 aromatic carbocycles. The number of rotatable bonds is 8. The summed E-state index contributed by atoms with van der Waals surface area (Å²) in [5.74, 6) is 0.424. The normalized spacial score (nSPS) is 10.8. The number of thiazole rings is 1. The average Bonchev–Trinajstić information content (AvgIpc) is 3.38. The Morgan fingerprint density at radius 3 is 2.50 bits per heavy atom. The Morgan fingerprint density at radius 2 is 1.76 bits per heavy atom. The maximum Gasteiger partial charge on any atom is 0.251 e. The number of carbonyl (C=O) groups is 2. The van der Waals surface area contributed by atoms with Crippen LogP contribution in [0.2, 0.25) is 0 Å². The maximum atomic E-state index is 12.5. The summed E-state index contributed by atoms with van der Waals surface area (Å²) in [5.41, 5.74) is 3.58. The van der Waals surface area contributed by atoms with Gasteiger partial charge in [-0.1, -0.05) is 59.8 Å². The molecule has 0 radical (unpaired) electrons. The van der Waals surface area contributed by atoms with Crippen molar-refractivity contribution in [3.05, 3.63) is 76.4 Å². The minimum atomic E-state index is -0.176. The predicted octanol–water partition coefficient (Wildman–Crippen LogP) is 4.22. The zero-order chi connectivity index (χ0) is 24.1. The van der Waals surface area contributed by atoms with Crippen molar-refractivity contribution >= 4 is 40.0 Å². The van der Waals surface area contributed by atoms with E-state index in [9.17, 15) is 9.59 Å². The van der Waals surface area contributed by atoms with Crippen molar-refractivity contribution < 1.29 is 9.59 Å². The van der Waals surface area contributed by atoms with E-state index in [1.165, 1.54) is 23.1 Å². The van der Waals surface area contributed by atoms with Gasteiger partial charge in [0, 0.05) is 23.1 Å². The first-order valence-corrected chi connectivity index (χ1v) is 12.4. The van der Waals surface area contributed by atoms with Gasteiger partial charge in [-0.15, -0.1) is 21.5 Å². The molecule has 0 bridgehead atoms. The van der Waals surface area contributed by atoms with Crippen LogP contribution >= 0.6 is 23.1 Å². The van der Waals surface area contributed by atoms with E-state index < -0.39 is 0 Å². The fourth-order valence-corrected chi connectivity index (χ4v) is 4.77. The molecule has 2 amide bonds. The van der Waals surface area contributed by atoms with Crippen molar-refractivity contribution in [3.8, 4) is 11.3 Å². The molecule has 0 aliphatic rings. The summed E-state index contributed by atoms with van der Waals surface area (Å²) in [4.78, 5) is 30.4. The van der Waals surface area contributed by atoms with Gasteiger partial charge in [-0.25, -0.2) is 4.98 Å². The number of anilines is 1. The lowest BCUT2D eigenvalue weighted by Gasteiger charge is -2.06. The topological polar surface area (TPSA) is 102 Å². The molecule has 0 aliphatic heterocycles. The van der Waals surface area contributed by atoms with Gasteiger partial charge in [0.2, 0.25) is 5.91 Å². The van der Waals surface area contributed by atoms with Crippen LogP contribution in [0.25, 0.3) is 11.3 Å². The van der Waals surface area contributed by atoms with Crippen LogP contribution < -0.4 is 10.6 Å². The van der Waals surface area contributed by atoms with E-state index >= 15 is 0 Å². The van der Waals surface area contributed by atoms with Gasteiger partial charge in [-0.05, 0) is 26.0 Å². The molecular weight excluding hydrogens is 468 g/mol. The maximum absolute atomic E-state index is 12.5. The first-order valence-electron chi connectivity index (χ1n) is 10.6. The standard InChI is InChI=1S/C24H24N6O2S2/c1-15-9-11-18(12-10-15)22(32)25-13-19-28-29-24(30(19)3)33-14-20(31)26-23-27-21(16(2)34-23)17-7-5-4-6-8-17/h4-12H,13-14H2,1-3H3,(H,25,32)(H,26,27,31). The van der Waals surface area contributed by atoms with E-state index in [4.69, 9.17) is 0 Å². The van der Waals surface area contributed by atoms with E-state index in [2.05, 4.69) is 25.8 Å². The van der Waals surface area contributed by atoms with E-state index in [0.29, 0.717) is 21.7 Å². The quantitative estimate of drug-likeness (QED) is 0.357. The average molecular weight is 493 g/mol. The SMILES string of the molecule is Cc1ccc(C(=O)NCc2nnc(SCC(=O)Nc3nc(-c4ccccc4)c(C)s3)n2C)cc1. The molecule has 8 nitrogen and oxygen atoms in total. The van der Waals surface area contributed by atoms with Crippen LogP contribution in [0.15, 0.2) is 59.8 Å². The molecule has 0 aliphatic carbocycles. The lowest BCUT2D eigenvalue weighted by molar-refractivity contribution is -0.113. The summed E-state index contributed by atoms with van der Waals surface area (Å²) < 4.78 is 1.77. The predicted molar refractivity (Wildman–Crippen MR) is 135 cm³/mol. The lowest BCUT2D eigenvalue weighted by atomic mass is 10.1. The Hall–Kier alpha value is -3.50.